The van der Waals surface area contributed by atoms with Gasteiger partial charge in [0.25, 0.3) is 0 Å². The Morgan fingerprint density at radius 1 is 0.744 bits per heavy atom. The van der Waals surface area contributed by atoms with Crippen molar-refractivity contribution in [2.45, 2.75) is 24.4 Å². The topological polar surface area (TPSA) is 66.5 Å². The highest BCUT2D eigenvalue weighted by atomic mass is 16.2. The van der Waals surface area contributed by atoms with Gasteiger partial charge in [-0.25, -0.2) is 0 Å². The number of fused-ring (bicyclic) bond motifs is 6. The van der Waals surface area contributed by atoms with E-state index in [9.17, 15) is 14.4 Å². The first-order valence-electron chi connectivity index (χ1n) is 13.2. The summed E-state index contributed by atoms with van der Waals surface area (Å²) in [5, 5.41) is 3.08. The molecule has 3 aliphatic heterocycles. The molecule has 7 rings (SSSR count). The number of nitrogens with zero attached hydrogens (tertiary/aromatic N) is 1. The molecule has 1 spiro atoms. The largest absolute Gasteiger partial charge is 0.352 e. The van der Waals surface area contributed by atoms with E-state index in [0.717, 1.165) is 22.4 Å². The second-order valence-electron chi connectivity index (χ2n) is 10.5. The lowest BCUT2D eigenvalue weighted by molar-refractivity contribution is -0.121. The van der Waals surface area contributed by atoms with Crippen molar-refractivity contribution in [3.8, 4) is 0 Å². The van der Waals surface area contributed by atoms with E-state index < -0.39 is 23.4 Å². The minimum absolute atomic E-state index is 0.174. The van der Waals surface area contributed by atoms with E-state index >= 15 is 0 Å². The molecule has 0 saturated carbocycles. The molecule has 39 heavy (non-hydrogen) atoms. The van der Waals surface area contributed by atoms with Crippen LogP contribution in [0, 0.1) is 5.92 Å². The quantitative estimate of drug-likeness (QED) is 0.346. The van der Waals surface area contributed by atoms with Crippen molar-refractivity contribution >= 4 is 34.4 Å². The van der Waals surface area contributed by atoms with Crippen LogP contribution >= 0.6 is 0 Å². The Balaban J connectivity index is 1.57. The summed E-state index contributed by atoms with van der Waals surface area (Å²) in [5.41, 5.74) is 4.01. The van der Waals surface area contributed by atoms with Gasteiger partial charge in [-0.2, -0.15) is 0 Å². The summed E-state index contributed by atoms with van der Waals surface area (Å²) in [6.07, 6.45) is 2.08. The zero-order chi connectivity index (χ0) is 26.7. The van der Waals surface area contributed by atoms with E-state index in [1.165, 1.54) is 0 Å². The van der Waals surface area contributed by atoms with Gasteiger partial charge in [-0.05, 0) is 30.2 Å². The third-order valence-electron chi connectivity index (χ3n) is 8.55. The number of anilines is 2. The predicted molar refractivity (Wildman–Crippen MR) is 152 cm³/mol. The maximum Gasteiger partial charge on any atom is 0.238 e. The molecule has 190 valence electrons. The van der Waals surface area contributed by atoms with Crippen LogP contribution in [0.2, 0.25) is 0 Å². The Morgan fingerprint density at radius 2 is 1.33 bits per heavy atom. The standard InChI is InChI=1S/C34H26N2O3/c1-21-20-28-34(25-17-9-10-18-26(25)35-33(34)39)29(31(37)22-12-4-2-5-13-22)30(32(38)23-14-6-3-7-15-23)36(28)27-19-11-8-16-24(21)27/h2-20,28-30H,1H3,(H,35,39)/t28-,29-,30-,34+/m0/s1. The Bertz CT molecular complexity index is 1680. The van der Waals surface area contributed by atoms with Crippen LogP contribution in [-0.4, -0.2) is 29.6 Å². The molecular formula is C34H26N2O3. The van der Waals surface area contributed by atoms with Crippen molar-refractivity contribution in [1.82, 2.24) is 0 Å². The van der Waals surface area contributed by atoms with Crippen LogP contribution in [0.3, 0.4) is 0 Å². The number of carbonyl (C=O) groups is 3. The van der Waals surface area contributed by atoms with Gasteiger partial charge in [-0.15, -0.1) is 0 Å². The number of Topliss-reactive ketones (excluding diaryl/α,β-unsaturated/α-hetero) is 2. The number of ketones is 2. The van der Waals surface area contributed by atoms with E-state index in [-0.39, 0.29) is 17.5 Å². The number of hydrogen-bond acceptors (Lipinski definition) is 4. The Kier molecular flexibility index (Phi) is 5.17. The number of allylic oxidation sites excluding steroid dienone is 1. The van der Waals surface area contributed by atoms with Gasteiger partial charge >= 0.3 is 0 Å². The second kappa shape index (κ2) is 8.63. The number of hydrogen-bond donors (Lipinski definition) is 1. The van der Waals surface area contributed by atoms with Gasteiger partial charge in [-0.3, -0.25) is 14.4 Å². The third kappa shape index (κ3) is 3.16. The highest BCUT2D eigenvalue weighted by Crippen LogP contribution is 2.58. The summed E-state index contributed by atoms with van der Waals surface area (Å²) in [6.45, 7) is 2.03. The van der Waals surface area contributed by atoms with Gasteiger partial charge in [0.1, 0.15) is 11.5 Å². The van der Waals surface area contributed by atoms with Crippen molar-refractivity contribution in [2.75, 3.05) is 10.2 Å². The summed E-state index contributed by atoms with van der Waals surface area (Å²) >= 11 is 0. The number of rotatable bonds is 4. The van der Waals surface area contributed by atoms with E-state index in [1.807, 2.05) is 96.8 Å². The summed E-state index contributed by atoms with van der Waals surface area (Å²) in [7, 11) is 0. The predicted octanol–water partition coefficient (Wildman–Crippen LogP) is 5.93. The first-order chi connectivity index (χ1) is 19.0. The molecule has 5 nitrogen and oxygen atoms in total. The molecule has 5 heteroatoms. The van der Waals surface area contributed by atoms with Crippen LogP contribution in [-0.2, 0) is 10.2 Å². The van der Waals surface area contributed by atoms with Crippen molar-refractivity contribution < 1.29 is 14.4 Å². The molecule has 4 atom stereocenters. The smallest absolute Gasteiger partial charge is 0.238 e. The van der Waals surface area contributed by atoms with Crippen LogP contribution in [0.5, 0.6) is 0 Å². The molecule has 3 heterocycles. The van der Waals surface area contributed by atoms with E-state index in [4.69, 9.17) is 0 Å². The summed E-state index contributed by atoms with van der Waals surface area (Å²) in [4.78, 5) is 45.6. The maximum absolute atomic E-state index is 14.7. The lowest BCUT2D eigenvalue weighted by Gasteiger charge is -2.39. The first kappa shape index (κ1) is 23.4. The first-order valence-corrected chi connectivity index (χ1v) is 13.2. The van der Waals surface area contributed by atoms with Gasteiger partial charge in [0.2, 0.25) is 5.91 Å². The van der Waals surface area contributed by atoms with Gasteiger partial charge in [0.15, 0.2) is 11.6 Å². The minimum atomic E-state index is -1.30. The van der Waals surface area contributed by atoms with Gasteiger partial charge in [0.05, 0.1) is 12.0 Å². The van der Waals surface area contributed by atoms with Crippen LogP contribution < -0.4 is 10.2 Å². The minimum Gasteiger partial charge on any atom is -0.352 e. The van der Waals surface area contributed by atoms with Crippen molar-refractivity contribution in [3.05, 3.63) is 138 Å². The monoisotopic (exact) mass is 510 g/mol. The molecule has 0 unspecified atom stereocenters. The molecule has 4 aromatic rings. The molecular weight excluding hydrogens is 484 g/mol. The molecule has 1 amide bonds. The molecule has 0 bridgehead atoms. The molecule has 1 N–H and O–H groups in total. The molecule has 0 aliphatic carbocycles. The normalized spacial score (nSPS) is 24.4. The highest BCUT2D eigenvalue weighted by Gasteiger charge is 2.70. The Morgan fingerprint density at radius 3 is 2.05 bits per heavy atom. The highest BCUT2D eigenvalue weighted by molar-refractivity contribution is 6.18. The number of amides is 1. The lowest BCUT2D eigenvalue weighted by atomic mass is 9.64. The van der Waals surface area contributed by atoms with Crippen LogP contribution in [0.4, 0.5) is 11.4 Å². The summed E-state index contributed by atoms with van der Waals surface area (Å²) in [5.74, 6) is -1.60. The molecule has 0 radical (unpaired) electrons. The van der Waals surface area contributed by atoms with E-state index in [1.54, 1.807) is 24.3 Å². The lowest BCUT2D eigenvalue weighted by Crippen LogP contribution is -2.51. The van der Waals surface area contributed by atoms with Crippen LogP contribution in [0.15, 0.2) is 115 Å². The summed E-state index contributed by atoms with van der Waals surface area (Å²) in [6, 6.07) is 32.2. The second-order valence-corrected chi connectivity index (χ2v) is 10.5. The fraction of sp³-hybridized carbons (Fsp3) is 0.147. The van der Waals surface area contributed by atoms with Gasteiger partial charge in [0, 0.05) is 28.1 Å². The SMILES string of the molecule is CC1=C[C@@H]2N(c3ccccc31)[C@H](C(=O)c1ccccc1)[C@@H](C(=O)c1ccccc1)[C@]21C(=O)Nc2ccccc21. The van der Waals surface area contributed by atoms with Gasteiger partial charge in [-0.1, -0.05) is 103 Å². The number of carbonyl (C=O) groups excluding carboxylic acids is 3. The van der Waals surface area contributed by atoms with Crippen molar-refractivity contribution in [2.24, 2.45) is 5.92 Å². The fourth-order valence-electron chi connectivity index (χ4n) is 6.94. The molecule has 1 saturated heterocycles. The van der Waals surface area contributed by atoms with E-state index in [2.05, 4.69) is 11.4 Å². The third-order valence-corrected chi connectivity index (χ3v) is 8.55. The zero-order valence-corrected chi connectivity index (χ0v) is 21.4. The van der Waals surface area contributed by atoms with Crippen molar-refractivity contribution in [1.29, 1.82) is 0 Å². The Hall–Kier alpha value is -4.77. The van der Waals surface area contributed by atoms with Crippen LogP contribution in [0.1, 0.15) is 38.8 Å². The average Bonchev–Trinajstić information content (AvgIpc) is 3.45. The zero-order valence-electron chi connectivity index (χ0n) is 21.4. The van der Waals surface area contributed by atoms with Gasteiger partial charge < -0.3 is 10.2 Å². The van der Waals surface area contributed by atoms with Crippen molar-refractivity contribution in [3.63, 3.8) is 0 Å². The van der Waals surface area contributed by atoms with Crippen LogP contribution in [0.25, 0.3) is 5.57 Å². The Labute approximate surface area is 226 Å². The number of nitrogens with one attached hydrogen (secondary N) is 1. The number of benzene rings is 4. The average molecular weight is 511 g/mol. The molecule has 4 aromatic carbocycles. The summed E-state index contributed by atoms with van der Waals surface area (Å²) < 4.78 is 0. The molecule has 0 aromatic heterocycles. The van der Waals surface area contributed by atoms with E-state index in [0.29, 0.717) is 16.8 Å². The molecule has 3 aliphatic rings. The molecule has 1 fully saturated rings. The number of para-hydroxylation sites is 2. The maximum atomic E-state index is 14.7. The fourth-order valence-corrected chi connectivity index (χ4v) is 6.94.